The smallest absolute Gasteiger partial charge is 0.417 e. The van der Waals surface area contributed by atoms with Crippen LogP contribution in [-0.2, 0) is 11.2 Å². The van der Waals surface area contributed by atoms with Crippen LogP contribution in [-0.4, -0.2) is 54.0 Å². The van der Waals surface area contributed by atoms with E-state index in [4.69, 9.17) is 5.11 Å². The molecule has 3 N–H and O–H groups in total. The molecule has 2 heterocycles. The minimum Gasteiger partial charge on any atom is -0.480 e. The molecule has 0 saturated carbocycles. The van der Waals surface area contributed by atoms with Crippen molar-refractivity contribution in [3.8, 4) is 0 Å². The molecule has 0 spiro atoms. The summed E-state index contributed by atoms with van der Waals surface area (Å²) in [6, 6.07) is -2.16. The Morgan fingerprint density at radius 2 is 1.86 bits per heavy atom. The fourth-order valence-corrected chi connectivity index (χ4v) is 2.72. The highest BCUT2D eigenvalue weighted by Gasteiger charge is 2.45. The summed E-state index contributed by atoms with van der Waals surface area (Å²) in [6.45, 7) is 3.40. The number of aliphatic carboxylic acids is 1. The minimum absolute atomic E-state index is 0.152. The summed E-state index contributed by atoms with van der Waals surface area (Å²) in [5.41, 5.74) is 0.526. The Balaban J connectivity index is 2.65. The van der Waals surface area contributed by atoms with E-state index in [9.17, 15) is 24.6 Å². The second kappa shape index (κ2) is 5.08. The zero-order chi connectivity index (χ0) is 15.9. The van der Waals surface area contributed by atoms with Crippen molar-refractivity contribution in [3.63, 3.8) is 0 Å². The molecule has 0 bridgehead atoms. The summed E-state index contributed by atoms with van der Waals surface area (Å²) in [5.74, 6) is -1.59. The van der Waals surface area contributed by atoms with Gasteiger partial charge in [0, 0.05) is 6.42 Å². The molecular formula is C12H15N3O6. The highest BCUT2D eigenvalue weighted by Crippen LogP contribution is 2.37. The van der Waals surface area contributed by atoms with E-state index >= 15 is 0 Å². The van der Waals surface area contributed by atoms with Crippen LogP contribution in [0.15, 0.2) is 6.33 Å². The lowest BCUT2D eigenvalue weighted by Gasteiger charge is -2.40. The first-order valence-electron chi connectivity index (χ1n) is 6.29. The highest BCUT2D eigenvalue weighted by molar-refractivity contribution is 5.81. The van der Waals surface area contributed by atoms with Crippen LogP contribution in [0.1, 0.15) is 31.3 Å². The first-order chi connectivity index (χ1) is 9.75. The number of rotatable bonds is 2. The molecule has 114 valence electrons. The molecule has 21 heavy (non-hydrogen) atoms. The summed E-state index contributed by atoms with van der Waals surface area (Å²) in [5, 5.41) is 27.8. The highest BCUT2D eigenvalue weighted by atomic mass is 16.4. The van der Waals surface area contributed by atoms with E-state index in [2.05, 4.69) is 4.98 Å². The van der Waals surface area contributed by atoms with E-state index in [1.165, 1.54) is 0 Å². The third-order valence-electron chi connectivity index (χ3n) is 3.53. The lowest BCUT2D eigenvalue weighted by atomic mass is 9.89. The van der Waals surface area contributed by atoms with Crippen LogP contribution in [0.5, 0.6) is 0 Å². The van der Waals surface area contributed by atoms with Gasteiger partial charge in [-0.15, -0.1) is 0 Å². The van der Waals surface area contributed by atoms with Crippen molar-refractivity contribution in [2.75, 3.05) is 0 Å². The van der Waals surface area contributed by atoms with E-state index in [1.54, 1.807) is 13.8 Å². The molecule has 2 atom stereocenters. The lowest BCUT2D eigenvalue weighted by Crippen LogP contribution is -2.52. The predicted molar refractivity (Wildman–Crippen MR) is 68.2 cm³/mol. The molecule has 1 amide bonds. The number of carboxylic acid groups (broad SMARTS) is 3. The van der Waals surface area contributed by atoms with Crippen molar-refractivity contribution in [2.24, 2.45) is 5.92 Å². The SMILES string of the molecule is CC(C)C1c2c(ncn2C(=O)O)CC(C(=O)O)N1C(=O)O. The van der Waals surface area contributed by atoms with E-state index < -0.39 is 30.2 Å². The molecule has 2 unspecified atom stereocenters. The Morgan fingerprint density at radius 1 is 1.24 bits per heavy atom. The van der Waals surface area contributed by atoms with E-state index in [0.717, 1.165) is 15.8 Å². The summed E-state index contributed by atoms with van der Waals surface area (Å²) in [6.07, 6.45) is -1.76. The van der Waals surface area contributed by atoms with Crippen molar-refractivity contribution >= 4 is 18.2 Å². The van der Waals surface area contributed by atoms with Crippen molar-refractivity contribution in [2.45, 2.75) is 32.4 Å². The van der Waals surface area contributed by atoms with Crippen LogP contribution in [0, 0.1) is 5.92 Å². The molecule has 1 aliphatic heterocycles. The van der Waals surface area contributed by atoms with E-state index in [-0.39, 0.29) is 18.0 Å². The first kappa shape index (κ1) is 14.8. The second-order valence-electron chi connectivity index (χ2n) is 5.17. The number of carbonyl (C=O) groups is 3. The molecule has 0 aromatic carbocycles. The van der Waals surface area contributed by atoms with Gasteiger partial charge in [0.05, 0.1) is 17.4 Å². The largest absolute Gasteiger partial charge is 0.480 e. The van der Waals surface area contributed by atoms with Gasteiger partial charge < -0.3 is 15.3 Å². The average Bonchev–Trinajstić information content (AvgIpc) is 2.79. The standard InChI is InChI=1S/C12H15N3O6/c1-5(2)8-9-6(13-4-14(9)11(18)19)3-7(10(16)17)15(8)12(20)21/h4-5,7-8H,3H2,1-2H3,(H,16,17)(H,18,19)(H,20,21). The molecule has 0 radical (unpaired) electrons. The second-order valence-corrected chi connectivity index (χ2v) is 5.17. The normalized spacial score (nSPS) is 21.2. The molecule has 0 saturated heterocycles. The number of hydrogen-bond donors (Lipinski definition) is 3. The number of nitrogens with zero attached hydrogens (tertiary/aromatic N) is 3. The number of amides is 1. The lowest BCUT2D eigenvalue weighted by molar-refractivity contribution is -0.144. The Bertz CT molecular complexity index is 608. The molecule has 9 heteroatoms. The monoisotopic (exact) mass is 297 g/mol. The topological polar surface area (TPSA) is 133 Å². The van der Waals surface area contributed by atoms with Gasteiger partial charge in [-0.05, 0) is 5.92 Å². The molecule has 0 aliphatic carbocycles. The summed E-state index contributed by atoms with van der Waals surface area (Å²) >= 11 is 0. The Labute approximate surface area is 119 Å². The maximum atomic E-state index is 11.5. The average molecular weight is 297 g/mol. The molecule has 1 aromatic rings. The number of fused-ring (bicyclic) bond motifs is 1. The molecule has 1 aliphatic rings. The maximum Gasteiger partial charge on any atom is 0.417 e. The number of carboxylic acids is 1. The van der Waals surface area contributed by atoms with Gasteiger partial charge >= 0.3 is 18.2 Å². The van der Waals surface area contributed by atoms with Crippen LogP contribution in [0.2, 0.25) is 0 Å². The quantitative estimate of drug-likeness (QED) is 0.744. The predicted octanol–water partition coefficient (Wildman–Crippen LogP) is 1.10. The number of imidazole rings is 1. The van der Waals surface area contributed by atoms with Crippen LogP contribution in [0.3, 0.4) is 0 Å². The van der Waals surface area contributed by atoms with Crippen LogP contribution < -0.4 is 0 Å². The van der Waals surface area contributed by atoms with Crippen molar-refractivity contribution in [1.29, 1.82) is 0 Å². The van der Waals surface area contributed by atoms with E-state index in [0.29, 0.717) is 5.69 Å². The van der Waals surface area contributed by atoms with Gasteiger partial charge in [-0.2, -0.15) is 0 Å². The summed E-state index contributed by atoms with van der Waals surface area (Å²) in [4.78, 5) is 38.8. The van der Waals surface area contributed by atoms with Crippen molar-refractivity contribution in [3.05, 3.63) is 17.7 Å². The Hall–Kier alpha value is -2.58. The Morgan fingerprint density at radius 3 is 2.29 bits per heavy atom. The van der Waals surface area contributed by atoms with Gasteiger partial charge in [-0.3, -0.25) is 4.90 Å². The van der Waals surface area contributed by atoms with Gasteiger partial charge in [-0.1, -0.05) is 13.8 Å². The van der Waals surface area contributed by atoms with Crippen LogP contribution in [0.25, 0.3) is 0 Å². The van der Waals surface area contributed by atoms with Gasteiger partial charge in [0.2, 0.25) is 0 Å². The summed E-state index contributed by atoms with van der Waals surface area (Å²) in [7, 11) is 0. The molecule has 2 rings (SSSR count). The molecule has 0 fully saturated rings. The minimum atomic E-state index is -1.40. The first-order valence-corrected chi connectivity index (χ1v) is 6.29. The third-order valence-corrected chi connectivity index (χ3v) is 3.53. The van der Waals surface area contributed by atoms with Crippen molar-refractivity contribution < 1.29 is 29.7 Å². The molecule has 9 nitrogen and oxygen atoms in total. The van der Waals surface area contributed by atoms with Gasteiger partial charge in [0.15, 0.2) is 0 Å². The Kier molecular flexibility index (Phi) is 3.58. The van der Waals surface area contributed by atoms with Crippen LogP contribution >= 0.6 is 0 Å². The fourth-order valence-electron chi connectivity index (χ4n) is 2.72. The summed E-state index contributed by atoms with van der Waals surface area (Å²) < 4.78 is 0.855. The zero-order valence-corrected chi connectivity index (χ0v) is 11.4. The number of hydrogen-bond acceptors (Lipinski definition) is 4. The van der Waals surface area contributed by atoms with Crippen LogP contribution in [0.4, 0.5) is 9.59 Å². The van der Waals surface area contributed by atoms with Crippen molar-refractivity contribution in [1.82, 2.24) is 14.5 Å². The fraction of sp³-hybridized carbons (Fsp3) is 0.500. The van der Waals surface area contributed by atoms with E-state index in [1.807, 2.05) is 0 Å². The van der Waals surface area contributed by atoms with Gasteiger partial charge in [-0.25, -0.2) is 23.9 Å². The molecule has 1 aromatic heterocycles. The number of aromatic nitrogens is 2. The van der Waals surface area contributed by atoms with Gasteiger partial charge in [0.1, 0.15) is 12.4 Å². The zero-order valence-electron chi connectivity index (χ0n) is 11.4. The van der Waals surface area contributed by atoms with Gasteiger partial charge in [0.25, 0.3) is 0 Å². The molecular weight excluding hydrogens is 282 g/mol. The third kappa shape index (κ3) is 2.30. The maximum absolute atomic E-state index is 11.5.